The second-order valence-corrected chi connectivity index (χ2v) is 3.71. The number of hydrogen-bond acceptors (Lipinski definition) is 3. The molecule has 88 valence electrons. The molecule has 0 radical (unpaired) electrons. The summed E-state index contributed by atoms with van der Waals surface area (Å²) in [5, 5.41) is 0. The summed E-state index contributed by atoms with van der Waals surface area (Å²) >= 11 is 0. The summed E-state index contributed by atoms with van der Waals surface area (Å²) in [6, 6.07) is 3.56. The van der Waals surface area contributed by atoms with Crippen molar-refractivity contribution in [2.45, 2.75) is 39.2 Å². The van der Waals surface area contributed by atoms with Crippen molar-refractivity contribution < 1.29 is 9.53 Å². The quantitative estimate of drug-likeness (QED) is 0.693. The van der Waals surface area contributed by atoms with Crippen LogP contribution < -0.4 is 0 Å². The lowest BCUT2D eigenvalue weighted by molar-refractivity contribution is -0.0250. The molecule has 0 saturated carbocycles. The van der Waals surface area contributed by atoms with E-state index in [1.807, 2.05) is 20.8 Å². The molecule has 0 aliphatic rings. The van der Waals surface area contributed by atoms with E-state index in [0.29, 0.717) is 25.0 Å². The minimum absolute atomic E-state index is 0.0347. The highest BCUT2D eigenvalue weighted by Crippen LogP contribution is 2.25. The maximum atomic E-state index is 12.4. The molecular weight excluding hydrogens is 202 g/mol. The maximum absolute atomic E-state index is 12.4. The molecule has 3 nitrogen and oxygen atoms in total. The number of rotatable bonds is 6. The van der Waals surface area contributed by atoms with Gasteiger partial charge in [-0.3, -0.25) is 9.78 Å². The number of nitrogens with zero attached hydrogens (tertiary/aromatic N) is 1. The normalized spacial score (nSPS) is 11.4. The Morgan fingerprint density at radius 1 is 1.38 bits per heavy atom. The van der Waals surface area contributed by atoms with Gasteiger partial charge in [-0.05, 0) is 31.9 Å². The first-order chi connectivity index (χ1) is 7.70. The van der Waals surface area contributed by atoms with Crippen LogP contribution in [0.5, 0.6) is 0 Å². The van der Waals surface area contributed by atoms with Gasteiger partial charge in [-0.15, -0.1) is 0 Å². The van der Waals surface area contributed by atoms with Crippen molar-refractivity contribution in [2.75, 3.05) is 6.61 Å². The summed E-state index contributed by atoms with van der Waals surface area (Å²) < 4.78 is 5.67. The van der Waals surface area contributed by atoms with Gasteiger partial charge < -0.3 is 4.74 Å². The number of ether oxygens (including phenoxy) is 1. The van der Waals surface area contributed by atoms with Crippen LogP contribution in [0.4, 0.5) is 0 Å². The average Bonchev–Trinajstić information content (AvgIpc) is 2.36. The molecule has 1 rings (SSSR count). The highest BCUT2D eigenvalue weighted by molar-refractivity contribution is 6.02. The van der Waals surface area contributed by atoms with Crippen LogP contribution in [0.3, 0.4) is 0 Å². The number of ketones is 1. The number of carbonyl (C=O) groups excluding carboxylic acids is 1. The Morgan fingerprint density at radius 3 is 2.50 bits per heavy atom. The summed E-state index contributed by atoms with van der Waals surface area (Å²) in [4.78, 5) is 16.3. The molecule has 1 aromatic rings. The van der Waals surface area contributed by atoms with Gasteiger partial charge in [0, 0.05) is 24.6 Å². The molecule has 0 fully saturated rings. The van der Waals surface area contributed by atoms with Crippen molar-refractivity contribution in [3.63, 3.8) is 0 Å². The Morgan fingerprint density at radius 2 is 2.06 bits per heavy atom. The molecule has 0 aliphatic carbocycles. The molecule has 0 aromatic carbocycles. The van der Waals surface area contributed by atoms with E-state index in [9.17, 15) is 4.79 Å². The molecule has 1 heterocycles. The Bertz CT molecular complexity index is 331. The van der Waals surface area contributed by atoms with Gasteiger partial charge in [0.15, 0.2) is 5.78 Å². The van der Waals surface area contributed by atoms with Gasteiger partial charge in [-0.1, -0.05) is 13.8 Å². The van der Waals surface area contributed by atoms with Crippen LogP contribution in [0.2, 0.25) is 0 Å². The zero-order valence-corrected chi connectivity index (χ0v) is 10.2. The number of Topliss-reactive ketones (excluding diaryl/α,β-unsaturated/α-hetero) is 1. The molecule has 0 spiro atoms. The van der Waals surface area contributed by atoms with Crippen LogP contribution >= 0.6 is 0 Å². The van der Waals surface area contributed by atoms with E-state index in [0.717, 1.165) is 0 Å². The van der Waals surface area contributed by atoms with E-state index in [1.165, 1.54) is 0 Å². The predicted octanol–water partition coefficient (Wildman–Crippen LogP) is 2.86. The summed E-state index contributed by atoms with van der Waals surface area (Å²) in [5.41, 5.74) is -0.0581. The minimum Gasteiger partial charge on any atom is -0.367 e. The fourth-order valence-corrected chi connectivity index (χ4v) is 1.88. The first-order valence-corrected chi connectivity index (χ1v) is 5.79. The smallest absolute Gasteiger partial charge is 0.196 e. The van der Waals surface area contributed by atoms with E-state index >= 15 is 0 Å². The van der Waals surface area contributed by atoms with Crippen LogP contribution in [-0.4, -0.2) is 23.0 Å². The zero-order valence-electron chi connectivity index (χ0n) is 10.2. The van der Waals surface area contributed by atoms with Crippen molar-refractivity contribution in [3.8, 4) is 0 Å². The van der Waals surface area contributed by atoms with E-state index in [1.54, 1.807) is 24.5 Å². The third-order valence-electron chi connectivity index (χ3n) is 2.90. The molecular formula is C13H19NO2. The van der Waals surface area contributed by atoms with E-state index in [-0.39, 0.29) is 5.78 Å². The molecule has 0 unspecified atom stereocenters. The molecule has 0 bridgehead atoms. The second kappa shape index (κ2) is 5.75. The zero-order chi connectivity index (χ0) is 12.0. The SMILES string of the molecule is CCOC(CC)(CC)C(=O)c1cccnc1. The van der Waals surface area contributed by atoms with Gasteiger partial charge in [0.25, 0.3) is 0 Å². The maximum Gasteiger partial charge on any atom is 0.196 e. The number of carbonyl (C=O) groups is 1. The Hall–Kier alpha value is -1.22. The number of hydrogen-bond donors (Lipinski definition) is 0. The predicted molar refractivity (Wildman–Crippen MR) is 63.5 cm³/mol. The van der Waals surface area contributed by atoms with Gasteiger partial charge in [-0.25, -0.2) is 0 Å². The molecule has 0 aliphatic heterocycles. The largest absolute Gasteiger partial charge is 0.367 e. The topological polar surface area (TPSA) is 39.2 Å². The molecule has 3 heteroatoms. The fraction of sp³-hybridized carbons (Fsp3) is 0.538. The van der Waals surface area contributed by atoms with Crippen molar-refractivity contribution in [3.05, 3.63) is 30.1 Å². The van der Waals surface area contributed by atoms with Crippen LogP contribution in [0, 0.1) is 0 Å². The lowest BCUT2D eigenvalue weighted by atomic mass is 9.88. The van der Waals surface area contributed by atoms with Crippen molar-refractivity contribution in [2.24, 2.45) is 0 Å². The van der Waals surface area contributed by atoms with Crippen molar-refractivity contribution in [1.82, 2.24) is 4.98 Å². The van der Waals surface area contributed by atoms with Crippen molar-refractivity contribution >= 4 is 5.78 Å². The molecule has 0 N–H and O–H groups in total. The highest BCUT2D eigenvalue weighted by Gasteiger charge is 2.36. The van der Waals surface area contributed by atoms with Gasteiger partial charge in [0.05, 0.1) is 0 Å². The van der Waals surface area contributed by atoms with Crippen molar-refractivity contribution in [1.29, 1.82) is 0 Å². The number of aromatic nitrogens is 1. The Labute approximate surface area is 96.8 Å². The summed E-state index contributed by atoms with van der Waals surface area (Å²) in [5.74, 6) is 0.0347. The third-order valence-corrected chi connectivity index (χ3v) is 2.90. The monoisotopic (exact) mass is 221 g/mol. The Kier molecular flexibility index (Phi) is 4.62. The molecule has 0 amide bonds. The lowest BCUT2D eigenvalue weighted by Crippen LogP contribution is -2.40. The summed E-state index contributed by atoms with van der Waals surface area (Å²) in [7, 11) is 0. The highest BCUT2D eigenvalue weighted by atomic mass is 16.5. The standard InChI is InChI=1S/C13H19NO2/c1-4-13(5-2,16-6-3)12(15)11-8-7-9-14-10-11/h7-10H,4-6H2,1-3H3. The minimum atomic E-state index is -0.683. The van der Waals surface area contributed by atoms with E-state index < -0.39 is 5.60 Å². The van der Waals surface area contributed by atoms with Gasteiger partial charge in [0.2, 0.25) is 0 Å². The van der Waals surface area contributed by atoms with Crippen LogP contribution in [0.15, 0.2) is 24.5 Å². The number of pyridine rings is 1. The summed E-state index contributed by atoms with van der Waals surface area (Å²) in [6.45, 7) is 6.42. The first kappa shape index (κ1) is 12.8. The first-order valence-electron chi connectivity index (χ1n) is 5.79. The second-order valence-electron chi connectivity index (χ2n) is 3.71. The van der Waals surface area contributed by atoms with Gasteiger partial charge in [0.1, 0.15) is 5.60 Å². The summed E-state index contributed by atoms with van der Waals surface area (Å²) in [6.07, 6.45) is 4.63. The average molecular weight is 221 g/mol. The fourth-order valence-electron chi connectivity index (χ4n) is 1.88. The van der Waals surface area contributed by atoms with Crippen LogP contribution in [-0.2, 0) is 4.74 Å². The van der Waals surface area contributed by atoms with Crippen LogP contribution in [0.1, 0.15) is 44.0 Å². The van der Waals surface area contributed by atoms with Crippen LogP contribution in [0.25, 0.3) is 0 Å². The molecule has 0 saturated heterocycles. The van der Waals surface area contributed by atoms with E-state index in [2.05, 4.69) is 4.98 Å². The van der Waals surface area contributed by atoms with Gasteiger partial charge >= 0.3 is 0 Å². The van der Waals surface area contributed by atoms with Gasteiger partial charge in [-0.2, -0.15) is 0 Å². The lowest BCUT2D eigenvalue weighted by Gasteiger charge is -2.29. The van der Waals surface area contributed by atoms with E-state index in [4.69, 9.17) is 4.74 Å². The Balaban J connectivity index is 3.00. The third kappa shape index (κ3) is 2.47. The molecule has 1 aromatic heterocycles. The molecule has 16 heavy (non-hydrogen) atoms. The molecule has 0 atom stereocenters.